The highest BCUT2D eigenvalue weighted by atomic mass is 79.9. The number of methoxy groups -OCH3 is 1. The van der Waals surface area contributed by atoms with Crippen molar-refractivity contribution in [1.82, 2.24) is 15.0 Å². The molecule has 3 aromatic rings. The number of benzene rings is 1. The van der Waals surface area contributed by atoms with E-state index in [4.69, 9.17) is 4.74 Å². The topological polar surface area (TPSA) is 85.6 Å². The maximum atomic E-state index is 12.9. The Morgan fingerprint density at radius 3 is 3.03 bits per heavy atom. The van der Waals surface area contributed by atoms with Gasteiger partial charge in [0.05, 0.1) is 29.5 Å². The average molecular weight is 475 g/mol. The molecule has 0 spiro atoms. The summed E-state index contributed by atoms with van der Waals surface area (Å²) >= 11 is 5.00. The number of hydrogen-bond acceptors (Lipinski definition) is 6. The van der Waals surface area contributed by atoms with E-state index in [0.29, 0.717) is 11.1 Å². The fraction of sp³-hybridized carbons (Fsp3) is 0.300. The number of carbonyl (C=O) groups is 1. The molecular weight excluding hydrogens is 456 g/mol. The van der Waals surface area contributed by atoms with Gasteiger partial charge >= 0.3 is 0 Å². The lowest BCUT2D eigenvalue weighted by atomic mass is 9.97. The van der Waals surface area contributed by atoms with Crippen LogP contribution in [-0.2, 0) is 24.2 Å². The van der Waals surface area contributed by atoms with Gasteiger partial charge in [0.2, 0.25) is 0 Å². The van der Waals surface area contributed by atoms with E-state index in [-0.39, 0.29) is 18.0 Å². The highest BCUT2D eigenvalue weighted by Crippen LogP contribution is 2.33. The van der Waals surface area contributed by atoms with Crippen LogP contribution < -0.4 is 15.7 Å². The Balaban J connectivity index is 1.47. The number of nitrogens with one attached hydrogen (secondary N) is 1. The first-order chi connectivity index (χ1) is 14.1. The van der Waals surface area contributed by atoms with Crippen molar-refractivity contribution in [3.8, 4) is 5.75 Å². The Hall–Kier alpha value is -2.52. The minimum absolute atomic E-state index is 0.129. The molecule has 9 heteroatoms. The molecule has 7 nitrogen and oxygen atoms in total. The predicted octanol–water partition coefficient (Wildman–Crippen LogP) is 3.26. The normalized spacial score (nSPS) is 13.6. The number of hydrazone groups is 1. The highest BCUT2D eigenvalue weighted by molar-refractivity contribution is 9.10. The quantitative estimate of drug-likeness (QED) is 0.454. The predicted molar refractivity (Wildman–Crippen MR) is 117 cm³/mol. The number of amides is 1. The number of aryl methyl sites for hydroxylation is 2. The Labute approximate surface area is 179 Å². The summed E-state index contributed by atoms with van der Waals surface area (Å²) in [5.41, 5.74) is 4.21. The molecule has 0 saturated carbocycles. The van der Waals surface area contributed by atoms with Crippen LogP contribution in [0.25, 0.3) is 10.2 Å². The van der Waals surface area contributed by atoms with Gasteiger partial charge in [0.25, 0.3) is 11.5 Å². The monoisotopic (exact) mass is 474 g/mol. The van der Waals surface area contributed by atoms with E-state index >= 15 is 0 Å². The number of carbonyl (C=O) groups excluding carboxylic acids is 1. The van der Waals surface area contributed by atoms with Crippen molar-refractivity contribution < 1.29 is 9.53 Å². The van der Waals surface area contributed by atoms with Crippen molar-refractivity contribution >= 4 is 49.6 Å². The van der Waals surface area contributed by atoms with Gasteiger partial charge in [-0.25, -0.2) is 10.4 Å². The molecule has 0 aliphatic heterocycles. The zero-order valence-corrected chi connectivity index (χ0v) is 18.2. The van der Waals surface area contributed by atoms with Gasteiger partial charge in [0, 0.05) is 4.88 Å². The Kier molecular flexibility index (Phi) is 5.77. The van der Waals surface area contributed by atoms with E-state index < -0.39 is 0 Å². The molecule has 1 aromatic carbocycles. The van der Waals surface area contributed by atoms with Crippen LogP contribution in [-0.4, -0.2) is 28.8 Å². The molecule has 2 aromatic heterocycles. The lowest BCUT2D eigenvalue weighted by Crippen LogP contribution is -2.30. The molecule has 0 bridgehead atoms. The molecule has 1 N–H and O–H groups in total. The minimum atomic E-state index is -0.388. The van der Waals surface area contributed by atoms with Crippen LogP contribution in [0.1, 0.15) is 28.8 Å². The zero-order valence-electron chi connectivity index (χ0n) is 15.8. The van der Waals surface area contributed by atoms with Gasteiger partial charge in [-0.05, 0) is 70.9 Å². The summed E-state index contributed by atoms with van der Waals surface area (Å²) in [7, 11) is 1.59. The molecule has 2 heterocycles. The standard InChI is InChI=1S/C20H19BrN4O3S/c1-28-15-7-6-12(8-14(15)21)9-23-24-17(26)10-25-11-22-19-18(20(25)27)13-4-2-3-5-16(13)29-19/h6-9,11H,2-5,10H2,1H3,(H,24,26)/b23-9-. The lowest BCUT2D eigenvalue weighted by molar-refractivity contribution is -0.121. The highest BCUT2D eigenvalue weighted by Gasteiger charge is 2.20. The van der Waals surface area contributed by atoms with E-state index in [1.165, 1.54) is 22.0 Å². The summed E-state index contributed by atoms with van der Waals surface area (Å²) in [5.74, 6) is 0.324. The maximum Gasteiger partial charge on any atom is 0.262 e. The van der Waals surface area contributed by atoms with E-state index in [1.54, 1.807) is 24.5 Å². The number of ether oxygens (including phenoxy) is 1. The number of thiophene rings is 1. The van der Waals surface area contributed by atoms with Crippen molar-refractivity contribution in [1.29, 1.82) is 0 Å². The molecular formula is C20H19BrN4O3S. The van der Waals surface area contributed by atoms with E-state index in [1.807, 2.05) is 12.1 Å². The average Bonchev–Trinajstić information content (AvgIpc) is 3.09. The third-order valence-electron chi connectivity index (χ3n) is 4.83. The second kappa shape index (κ2) is 8.46. The molecule has 0 fully saturated rings. The van der Waals surface area contributed by atoms with Gasteiger partial charge < -0.3 is 4.74 Å². The molecule has 0 radical (unpaired) electrons. The largest absolute Gasteiger partial charge is 0.496 e. The first-order valence-electron chi connectivity index (χ1n) is 9.22. The summed E-state index contributed by atoms with van der Waals surface area (Å²) in [4.78, 5) is 31.6. The third kappa shape index (κ3) is 4.11. The van der Waals surface area contributed by atoms with Crippen LogP contribution >= 0.6 is 27.3 Å². The van der Waals surface area contributed by atoms with Crippen LogP contribution in [0.4, 0.5) is 0 Å². The first-order valence-corrected chi connectivity index (χ1v) is 10.8. The van der Waals surface area contributed by atoms with Gasteiger partial charge in [0.1, 0.15) is 17.1 Å². The number of fused-ring (bicyclic) bond motifs is 3. The van der Waals surface area contributed by atoms with Crippen molar-refractivity contribution in [2.24, 2.45) is 5.10 Å². The first kappa shape index (κ1) is 19.8. The number of hydrogen-bond donors (Lipinski definition) is 1. The van der Waals surface area contributed by atoms with Crippen molar-refractivity contribution in [3.63, 3.8) is 0 Å². The Morgan fingerprint density at radius 1 is 1.41 bits per heavy atom. The van der Waals surface area contributed by atoms with Crippen molar-refractivity contribution in [2.45, 2.75) is 32.2 Å². The molecule has 150 valence electrons. The molecule has 0 unspecified atom stereocenters. The smallest absolute Gasteiger partial charge is 0.262 e. The van der Waals surface area contributed by atoms with Crippen molar-refractivity contribution in [2.75, 3.05) is 7.11 Å². The summed E-state index contributed by atoms with van der Waals surface area (Å²) in [6.07, 6.45) is 7.12. The summed E-state index contributed by atoms with van der Waals surface area (Å²) < 4.78 is 7.32. The van der Waals surface area contributed by atoms with Crippen LogP contribution in [0, 0.1) is 0 Å². The Bertz CT molecular complexity index is 1170. The number of halogens is 1. The summed E-state index contributed by atoms with van der Waals surface area (Å²) in [5, 5.41) is 4.64. The maximum absolute atomic E-state index is 12.9. The molecule has 29 heavy (non-hydrogen) atoms. The number of nitrogens with zero attached hydrogens (tertiary/aromatic N) is 3. The van der Waals surface area contributed by atoms with Gasteiger partial charge in [-0.2, -0.15) is 5.10 Å². The van der Waals surface area contributed by atoms with E-state index in [0.717, 1.165) is 46.1 Å². The van der Waals surface area contributed by atoms with Gasteiger partial charge in [0.15, 0.2) is 0 Å². The molecule has 0 saturated heterocycles. The molecule has 1 aliphatic carbocycles. The third-order valence-corrected chi connectivity index (χ3v) is 6.65. The van der Waals surface area contributed by atoms with Crippen LogP contribution in [0.3, 0.4) is 0 Å². The summed E-state index contributed by atoms with van der Waals surface area (Å²) in [6, 6.07) is 5.45. The summed E-state index contributed by atoms with van der Waals surface area (Å²) in [6.45, 7) is -0.129. The molecule has 1 aliphatic rings. The minimum Gasteiger partial charge on any atom is -0.496 e. The van der Waals surface area contributed by atoms with E-state index in [9.17, 15) is 9.59 Å². The van der Waals surface area contributed by atoms with E-state index in [2.05, 4.69) is 31.4 Å². The van der Waals surface area contributed by atoms with Gasteiger partial charge in [-0.3, -0.25) is 14.2 Å². The Morgan fingerprint density at radius 2 is 2.24 bits per heavy atom. The van der Waals surface area contributed by atoms with Gasteiger partial charge in [-0.15, -0.1) is 11.3 Å². The molecule has 0 atom stereocenters. The fourth-order valence-corrected chi connectivity index (χ4v) is 5.20. The van der Waals surface area contributed by atoms with Gasteiger partial charge in [-0.1, -0.05) is 0 Å². The lowest BCUT2D eigenvalue weighted by Gasteiger charge is -2.10. The second-order valence-corrected chi connectivity index (χ2v) is 8.69. The van der Waals surface area contributed by atoms with Crippen LogP contribution in [0.5, 0.6) is 5.75 Å². The SMILES string of the molecule is COc1ccc(/C=N\NC(=O)Cn2cnc3sc4c(c3c2=O)CCCC4)cc1Br. The molecule has 1 amide bonds. The van der Waals surface area contributed by atoms with Crippen LogP contribution in [0.15, 0.2) is 38.9 Å². The zero-order chi connectivity index (χ0) is 20.4. The second-order valence-electron chi connectivity index (χ2n) is 6.76. The van der Waals surface area contributed by atoms with Crippen LogP contribution in [0.2, 0.25) is 0 Å². The fourth-order valence-electron chi connectivity index (χ4n) is 3.43. The molecule has 4 rings (SSSR count). The number of aromatic nitrogens is 2. The number of rotatable bonds is 5. The van der Waals surface area contributed by atoms with Crippen molar-refractivity contribution in [3.05, 3.63) is 55.4 Å².